The molecule has 0 N–H and O–H groups in total. The van der Waals surface area contributed by atoms with Crippen molar-refractivity contribution in [2.45, 2.75) is 39.7 Å². The highest BCUT2D eigenvalue weighted by Crippen LogP contribution is 2.17. The second-order valence-electron chi connectivity index (χ2n) is 7.29. The first-order valence-corrected chi connectivity index (χ1v) is 9.59. The molecular formula is C24H27NO4. The first kappa shape index (κ1) is 22.1. The summed E-state index contributed by atoms with van der Waals surface area (Å²) in [5, 5.41) is 0. The minimum Gasteiger partial charge on any atom is -0.466 e. The maximum Gasteiger partial charge on any atom is 0.357 e. The molecule has 5 nitrogen and oxygen atoms in total. The Labute approximate surface area is 172 Å². The summed E-state index contributed by atoms with van der Waals surface area (Å²) in [7, 11) is 0. The van der Waals surface area contributed by atoms with Crippen LogP contribution in [-0.4, -0.2) is 29.9 Å². The Bertz CT molecular complexity index is 837. The Balaban J connectivity index is 2.52. The molecule has 0 aromatic heterocycles. The first-order chi connectivity index (χ1) is 13.8. The third-order valence-corrected chi connectivity index (χ3v) is 3.70. The highest BCUT2D eigenvalue weighted by Gasteiger charge is 2.21. The molecule has 0 atom stereocenters. The molecule has 2 aromatic carbocycles. The average Bonchev–Trinajstić information content (AvgIpc) is 2.68. The fourth-order valence-electron chi connectivity index (χ4n) is 2.51. The summed E-state index contributed by atoms with van der Waals surface area (Å²) in [5.41, 5.74) is 1.70. The molecule has 0 saturated carbocycles. The van der Waals surface area contributed by atoms with E-state index < -0.39 is 17.5 Å². The van der Waals surface area contributed by atoms with Crippen molar-refractivity contribution < 1.29 is 19.1 Å². The van der Waals surface area contributed by atoms with E-state index in [1.807, 2.05) is 60.7 Å². The summed E-state index contributed by atoms with van der Waals surface area (Å²) < 4.78 is 10.5. The fraction of sp³-hybridized carbons (Fsp3) is 0.292. The van der Waals surface area contributed by atoms with Gasteiger partial charge in [0, 0.05) is 11.1 Å². The first-order valence-electron chi connectivity index (χ1n) is 9.59. The lowest BCUT2D eigenvalue weighted by molar-refractivity contribution is -0.149. The molecular weight excluding hydrogens is 366 g/mol. The van der Waals surface area contributed by atoms with E-state index >= 15 is 0 Å². The lowest BCUT2D eigenvalue weighted by atomic mass is 10.0. The number of carbonyl (C=O) groups excluding carboxylic acids is 2. The van der Waals surface area contributed by atoms with Gasteiger partial charge in [0.25, 0.3) is 0 Å². The Hall–Kier alpha value is -3.21. The van der Waals surface area contributed by atoms with Crippen LogP contribution in [0.15, 0.2) is 77.4 Å². The summed E-state index contributed by atoms with van der Waals surface area (Å²) in [6, 6.07) is 19.1. The van der Waals surface area contributed by atoms with Gasteiger partial charge in [0.05, 0.1) is 18.7 Å². The van der Waals surface area contributed by atoms with E-state index in [0.29, 0.717) is 5.71 Å². The predicted molar refractivity (Wildman–Crippen MR) is 114 cm³/mol. The molecule has 29 heavy (non-hydrogen) atoms. The van der Waals surface area contributed by atoms with Gasteiger partial charge >= 0.3 is 11.9 Å². The highest BCUT2D eigenvalue weighted by molar-refractivity contribution is 6.14. The van der Waals surface area contributed by atoms with Gasteiger partial charge in [0.1, 0.15) is 11.3 Å². The van der Waals surface area contributed by atoms with Crippen molar-refractivity contribution in [3.8, 4) is 0 Å². The maximum atomic E-state index is 12.8. The van der Waals surface area contributed by atoms with Crippen LogP contribution in [0.3, 0.4) is 0 Å². The van der Waals surface area contributed by atoms with E-state index in [9.17, 15) is 9.59 Å². The van der Waals surface area contributed by atoms with E-state index in [1.54, 1.807) is 27.7 Å². The zero-order valence-corrected chi connectivity index (χ0v) is 17.3. The second-order valence-corrected chi connectivity index (χ2v) is 7.29. The Morgan fingerprint density at radius 2 is 1.45 bits per heavy atom. The number of rotatable bonds is 7. The van der Waals surface area contributed by atoms with Gasteiger partial charge in [-0.05, 0) is 33.8 Å². The van der Waals surface area contributed by atoms with Crippen LogP contribution >= 0.6 is 0 Å². The summed E-state index contributed by atoms with van der Waals surface area (Å²) in [4.78, 5) is 29.2. The Morgan fingerprint density at radius 3 is 1.90 bits per heavy atom. The zero-order valence-electron chi connectivity index (χ0n) is 17.3. The van der Waals surface area contributed by atoms with Gasteiger partial charge in [0.2, 0.25) is 0 Å². The molecule has 0 heterocycles. The normalized spacial score (nSPS) is 11.5. The minimum absolute atomic E-state index is 0.0654. The molecule has 0 saturated heterocycles. The zero-order chi connectivity index (χ0) is 21.3. The summed E-state index contributed by atoms with van der Waals surface area (Å²) in [6.45, 7) is 7.36. The topological polar surface area (TPSA) is 65.0 Å². The summed E-state index contributed by atoms with van der Waals surface area (Å²) in [5.74, 6) is -1.02. The number of hydrogen-bond acceptors (Lipinski definition) is 5. The fourth-order valence-corrected chi connectivity index (χ4v) is 2.51. The molecule has 0 aliphatic heterocycles. The number of esters is 2. The molecule has 0 aliphatic carbocycles. The van der Waals surface area contributed by atoms with Crippen LogP contribution in [0.5, 0.6) is 0 Å². The number of nitrogens with zero attached hydrogens (tertiary/aromatic N) is 1. The highest BCUT2D eigenvalue weighted by atomic mass is 16.6. The maximum absolute atomic E-state index is 12.8. The Kier molecular flexibility index (Phi) is 7.89. The van der Waals surface area contributed by atoms with Crippen molar-refractivity contribution in [2.75, 3.05) is 6.61 Å². The molecule has 0 bridgehead atoms. The van der Waals surface area contributed by atoms with E-state index in [1.165, 1.54) is 6.08 Å². The van der Waals surface area contributed by atoms with E-state index in [4.69, 9.17) is 9.47 Å². The van der Waals surface area contributed by atoms with E-state index in [-0.39, 0.29) is 18.7 Å². The van der Waals surface area contributed by atoms with Gasteiger partial charge < -0.3 is 9.47 Å². The van der Waals surface area contributed by atoms with Crippen LogP contribution in [0.4, 0.5) is 0 Å². The molecule has 0 fully saturated rings. The third-order valence-electron chi connectivity index (χ3n) is 3.70. The summed E-state index contributed by atoms with van der Waals surface area (Å²) >= 11 is 0. The minimum atomic E-state index is -0.685. The predicted octanol–water partition coefficient (Wildman–Crippen LogP) is 4.70. The van der Waals surface area contributed by atoms with Crippen molar-refractivity contribution >= 4 is 17.7 Å². The van der Waals surface area contributed by atoms with Gasteiger partial charge in [-0.1, -0.05) is 60.7 Å². The molecule has 152 valence electrons. The van der Waals surface area contributed by atoms with Gasteiger partial charge in [-0.15, -0.1) is 0 Å². The molecule has 2 rings (SSSR count). The van der Waals surface area contributed by atoms with Crippen molar-refractivity contribution in [3.05, 3.63) is 83.6 Å². The second kappa shape index (κ2) is 10.4. The quantitative estimate of drug-likeness (QED) is 0.388. The van der Waals surface area contributed by atoms with Gasteiger partial charge in [-0.3, -0.25) is 4.79 Å². The van der Waals surface area contributed by atoms with Crippen LogP contribution in [0, 0.1) is 0 Å². The number of aliphatic imine (C=N–C) groups is 1. The molecule has 0 spiro atoms. The SMILES string of the molecule is CCOC(=O)C/C=C(\N=C(c1ccccc1)c1ccccc1)C(=O)OC(C)(C)C. The molecule has 0 unspecified atom stereocenters. The smallest absolute Gasteiger partial charge is 0.357 e. The molecule has 0 aliphatic rings. The largest absolute Gasteiger partial charge is 0.466 e. The Morgan fingerprint density at radius 1 is 0.931 bits per heavy atom. The van der Waals surface area contributed by atoms with Crippen molar-refractivity contribution in [2.24, 2.45) is 4.99 Å². The van der Waals surface area contributed by atoms with Gasteiger partial charge in [-0.2, -0.15) is 0 Å². The van der Waals surface area contributed by atoms with Crippen LogP contribution < -0.4 is 0 Å². The monoisotopic (exact) mass is 393 g/mol. The summed E-state index contributed by atoms with van der Waals surface area (Å²) in [6.07, 6.45) is 1.39. The lowest BCUT2D eigenvalue weighted by Crippen LogP contribution is -2.25. The van der Waals surface area contributed by atoms with Crippen molar-refractivity contribution in [1.82, 2.24) is 0 Å². The van der Waals surface area contributed by atoms with E-state index in [0.717, 1.165) is 11.1 Å². The third kappa shape index (κ3) is 7.37. The molecule has 5 heteroatoms. The van der Waals surface area contributed by atoms with Crippen LogP contribution in [0.1, 0.15) is 45.2 Å². The molecule has 2 aromatic rings. The van der Waals surface area contributed by atoms with Crippen molar-refractivity contribution in [1.29, 1.82) is 0 Å². The standard InChI is InChI=1S/C24H27NO4/c1-5-28-21(26)17-16-20(23(27)29-24(2,3)4)25-22(18-12-8-6-9-13-18)19-14-10-7-11-15-19/h6-16H,5,17H2,1-4H3/b20-16-. The van der Waals surface area contributed by atoms with Crippen LogP contribution in [-0.2, 0) is 19.1 Å². The average molecular weight is 393 g/mol. The number of carbonyl (C=O) groups is 2. The van der Waals surface area contributed by atoms with E-state index in [2.05, 4.69) is 4.99 Å². The van der Waals surface area contributed by atoms with Crippen LogP contribution in [0.25, 0.3) is 0 Å². The van der Waals surface area contributed by atoms with Gasteiger partial charge in [0.15, 0.2) is 0 Å². The van der Waals surface area contributed by atoms with Gasteiger partial charge in [-0.25, -0.2) is 9.79 Å². The molecule has 0 amide bonds. The number of hydrogen-bond donors (Lipinski definition) is 0. The van der Waals surface area contributed by atoms with Crippen LogP contribution in [0.2, 0.25) is 0 Å². The lowest BCUT2D eigenvalue weighted by Gasteiger charge is -2.20. The van der Waals surface area contributed by atoms with Crippen molar-refractivity contribution in [3.63, 3.8) is 0 Å². The number of benzene rings is 2. The number of ether oxygens (including phenoxy) is 2. The molecule has 0 radical (unpaired) electrons.